The van der Waals surface area contributed by atoms with E-state index in [2.05, 4.69) is 5.32 Å². The van der Waals surface area contributed by atoms with Crippen molar-refractivity contribution in [3.8, 4) is 0 Å². The van der Waals surface area contributed by atoms with Gasteiger partial charge in [0.25, 0.3) is 0 Å². The second kappa shape index (κ2) is 19.9. The number of nitrogens with one attached hydrogen (secondary N) is 1. The summed E-state index contributed by atoms with van der Waals surface area (Å²) in [6, 6.07) is -1.61. The highest BCUT2D eigenvalue weighted by atomic mass is 16.7. The predicted octanol–water partition coefficient (Wildman–Crippen LogP) is 2.23. The molecule has 3 rings (SSSR count). The van der Waals surface area contributed by atoms with Gasteiger partial charge in [0.1, 0.15) is 23.9 Å². The molecular weight excluding hydrogens is 760 g/mol. The van der Waals surface area contributed by atoms with Crippen molar-refractivity contribution in [2.45, 2.75) is 199 Å². The van der Waals surface area contributed by atoms with Crippen molar-refractivity contribution in [1.29, 1.82) is 0 Å². The van der Waals surface area contributed by atoms with Gasteiger partial charge >= 0.3 is 11.9 Å². The lowest BCUT2D eigenvalue weighted by Crippen LogP contribution is -2.62. The molecule has 4 N–H and O–H groups in total. The number of rotatable bonds is 9. The van der Waals surface area contributed by atoms with Crippen LogP contribution in [0.2, 0.25) is 0 Å². The molecular formula is C41H72N2O15. The van der Waals surface area contributed by atoms with Crippen LogP contribution in [0.15, 0.2) is 0 Å². The molecule has 2 amide bonds. The fourth-order valence-corrected chi connectivity index (χ4v) is 8.83. The molecule has 3 fully saturated rings. The Morgan fingerprint density at radius 3 is 2.03 bits per heavy atom. The minimum atomic E-state index is -1.99. The number of hydrogen-bond donors (Lipinski definition) is 4. The summed E-state index contributed by atoms with van der Waals surface area (Å²) in [5.41, 5.74) is -4.45. The SMILES string of the molecule is CC[C@H]1OC(=O)[C@H](C)[C@@H](O[C@H]2C[C@@](C)(OC)[C@@H](O)[C@H](C)O2)[C@H](C)[C@@H](O[C@@H]2O[C@H](C)C[C@H](N(C)C(C)=O)[C@H]2OC(C)=O)[C@](C)(OC)C[C@@H](C)C(=O)N[C@@H](C)[C@@H](O)[C@]1(C)O. The van der Waals surface area contributed by atoms with Gasteiger partial charge in [0.15, 0.2) is 18.7 Å². The van der Waals surface area contributed by atoms with Crippen molar-refractivity contribution < 1.29 is 72.4 Å². The Morgan fingerprint density at radius 1 is 0.897 bits per heavy atom. The number of amides is 2. The van der Waals surface area contributed by atoms with Gasteiger partial charge in [-0.25, -0.2) is 0 Å². The molecule has 0 radical (unpaired) electrons. The average molecular weight is 833 g/mol. The van der Waals surface area contributed by atoms with Crippen LogP contribution in [0.1, 0.15) is 109 Å². The smallest absolute Gasteiger partial charge is 0.311 e. The van der Waals surface area contributed by atoms with Crippen LogP contribution in [0.4, 0.5) is 0 Å². The second-order valence-corrected chi connectivity index (χ2v) is 17.5. The number of likely N-dealkylation sites (N-methyl/N-ethyl adjacent to an activating group) is 1. The Labute approximate surface area is 344 Å². The molecule has 0 aromatic rings. The molecule has 0 saturated carbocycles. The highest BCUT2D eigenvalue weighted by molar-refractivity contribution is 5.78. The molecule has 0 unspecified atom stereocenters. The lowest BCUT2D eigenvalue weighted by atomic mass is 9.77. The third-order valence-corrected chi connectivity index (χ3v) is 12.8. The third-order valence-electron chi connectivity index (χ3n) is 12.8. The first-order chi connectivity index (χ1) is 26.8. The third kappa shape index (κ3) is 11.1. The summed E-state index contributed by atoms with van der Waals surface area (Å²) in [5.74, 6) is -4.84. The normalized spacial score (nSPS) is 44.9. The Kier molecular flexibility index (Phi) is 17.1. The first-order valence-corrected chi connectivity index (χ1v) is 20.5. The first-order valence-electron chi connectivity index (χ1n) is 20.5. The van der Waals surface area contributed by atoms with Crippen molar-refractivity contribution in [2.24, 2.45) is 17.8 Å². The first kappa shape index (κ1) is 49.9. The molecule has 18 atom stereocenters. The molecule has 3 aliphatic rings. The molecule has 58 heavy (non-hydrogen) atoms. The summed E-state index contributed by atoms with van der Waals surface area (Å²) < 4.78 is 50.2. The number of carbonyl (C=O) groups is 4. The van der Waals surface area contributed by atoms with E-state index in [1.807, 2.05) is 6.92 Å². The minimum absolute atomic E-state index is 0.0227. The van der Waals surface area contributed by atoms with Gasteiger partial charge < -0.3 is 63.4 Å². The quantitative estimate of drug-likeness (QED) is 0.245. The van der Waals surface area contributed by atoms with Crippen LogP contribution in [0.25, 0.3) is 0 Å². The number of esters is 2. The number of carbonyl (C=O) groups excluding carboxylic acids is 4. The lowest BCUT2D eigenvalue weighted by Gasteiger charge is -2.50. The van der Waals surface area contributed by atoms with E-state index < -0.39 is 126 Å². The van der Waals surface area contributed by atoms with E-state index >= 15 is 0 Å². The van der Waals surface area contributed by atoms with Crippen LogP contribution >= 0.6 is 0 Å². The number of aliphatic hydroxyl groups is 3. The number of methoxy groups -OCH3 is 2. The summed E-state index contributed by atoms with van der Waals surface area (Å²) >= 11 is 0. The van der Waals surface area contributed by atoms with Crippen molar-refractivity contribution in [1.82, 2.24) is 10.2 Å². The molecule has 17 nitrogen and oxygen atoms in total. The van der Waals surface area contributed by atoms with Crippen LogP contribution in [-0.2, 0) is 57.1 Å². The Balaban J connectivity index is 2.30. The maximum Gasteiger partial charge on any atom is 0.311 e. The Hall–Kier alpha value is -2.48. The van der Waals surface area contributed by atoms with Crippen LogP contribution < -0.4 is 5.32 Å². The number of nitrogens with zero attached hydrogens (tertiary/aromatic N) is 1. The van der Waals surface area contributed by atoms with Gasteiger partial charge in [-0.1, -0.05) is 20.8 Å². The van der Waals surface area contributed by atoms with E-state index in [-0.39, 0.29) is 25.2 Å². The molecule has 0 aromatic heterocycles. The lowest BCUT2D eigenvalue weighted by molar-refractivity contribution is -0.319. The summed E-state index contributed by atoms with van der Waals surface area (Å²) in [4.78, 5) is 55.0. The van der Waals surface area contributed by atoms with Gasteiger partial charge in [-0.2, -0.15) is 0 Å². The monoisotopic (exact) mass is 832 g/mol. The van der Waals surface area contributed by atoms with Gasteiger partial charge in [0.2, 0.25) is 11.8 Å². The standard InChI is InChI=1S/C41H72N2O15/c1-16-29-41(12,50)33(46)24(6)42-36(48)20(2)18-40(11,52-15)35(58-38-32(55-27(9)45)28(17-21(3)53-38)43(13)26(8)44)22(4)31(23(5)37(49)56-29)57-30-19-39(10,51-14)34(47)25(7)54-30/h20-25,28-35,38,46-47,50H,16-19H2,1-15H3,(H,42,48)/t20-,21-,22+,23-,24+,25+,28+,29-,30+,31+,32-,33-,34+,35-,38+,39-,40-,41-/m1/s1. The van der Waals surface area contributed by atoms with Gasteiger partial charge in [0.05, 0.1) is 53.6 Å². The van der Waals surface area contributed by atoms with Crippen molar-refractivity contribution in [3.05, 3.63) is 0 Å². The number of ether oxygens (including phenoxy) is 8. The van der Waals surface area contributed by atoms with Crippen LogP contribution in [0.3, 0.4) is 0 Å². The summed E-state index contributed by atoms with van der Waals surface area (Å²) in [6.45, 7) is 19.3. The van der Waals surface area contributed by atoms with Crippen LogP contribution in [0.5, 0.6) is 0 Å². The van der Waals surface area contributed by atoms with Gasteiger partial charge in [-0.15, -0.1) is 0 Å². The largest absolute Gasteiger partial charge is 0.459 e. The van der Waals surface area contributed by atoms with Crippen molar-refractivity contribution in [2.75, 3.05) is 21.3 Å². The van der Waals surface area contributed by atoms with E-state index in [0.29, 0.717) is 6.42 Å². The highest BCUT2D eigenvalue weighted by Crippen LogP contribution is 2.41. The van der Waals surface area contributed by atoms with E-state index in [9.17, 15) is 34.5 Å². The summed E-state index contributed by atoms with van der Waals surface area (Å²) in [7, 11) is 4.54. The van der Waals surface area contributed by atoms with Crippen LogP contribution in [0, 0.1) is 17.8 Å². The van der Waals surface area contributed by atoms with E-state index in [1.54, 1.807) is 62.4 Å². The topological polar surface area (TPSA) is 218 Å². The number of aliphatic hydroxyl groups excluding tert-OH is 2. The Bertz CT molecular complexity index is 1420. The molecule has 0 spiro atoms. The van der Waals surface area contributed by atoms with Crippen molar-refractivity contribution >= 4 is 23.8 Å². The van der Waals surface area contributed by atoms with Gasteiger partial charge in [-0.3, -0.25) is 19.2 Å². The maximum absolute atomic E-state index is 14.4. The molecule has 0 aliphatic carbocycles. The summed E-state index contributed by atoms with van der Waals surface area (Å²) in [6.07, 6.45) is -10.0. The molecule has 336 valence electrons. The highest BCUT2D eigenvalue weighted by Gasteiger charge is 2.54. The van der Waals surface area contributed by atoms with Gasteiger partial charge in [-0.05, 0) is 67.7 Å². The molecule has 3 heterocycles. The molecule has 3 aliphatic heterocycles. The number of hydrogen-bond acceptors (Lipinski definition) is 15. The fraction of sp³-hybridized carbons (Fsp3) is 0.902. The van der Waals surface area contributed by atoms with Crippen LogP contribution in [-0.4, -0.2) is 156 Å². The van der Waals surface area contributed by atoms with E-state index in [4.69, 9.17) is 37.9 Å². The van der Waals surface area contributed by atoms with E-state index in [0.717, 1.165) is 0 Å². The maximum atomic E-state index is 14.4. The Morgan fingerprint density at radius 2 is 1.50 bits per heavy atom. The zero-order valence-electron chi connectivity index (χ0n) is 37.2. The van der Waals surface area contributed by atoms with E-state index in [1.165, 1.54) is 39.9 Å². The number of cyclic esters (lactones) is 1. The minimum Gasteiger partial charge on any atom is -0.459 e. The van der Waals surface area contributed by atoms with Crippen molar-refractivity contribution in [3.63, 3.8) is 0 Å². The zero-order chi connectivity index (χ0) is 44.2. The van der Waals surface area contributed by atoms with Gasteiger partial charge in [0, 0.05) is 53.4 Å². The molecule has 0 aromatic carbocycles. The zero-order valence-corrected chi connectivity index (χ0v) is 37.2. The molecule has 0 bridgehead atoms. The average Bonchev–Trinajstić information content (AvgIpc) is 3.15. The second-order valence-electron chi connectivity index (χ2n) is 17.5. The molecule has 3 saturated heterocycles. The predicted molar refractivity (Wildman–Crippen MR) is 209 cm³/mol. The molecule has 17 heteroatoms. The summed E-state index contributed by atoms with van der Waals surface area (Å²) in [5, 5.41) is 36.9. The fourth-order valence-electron chi connectivity index (χ4n) is 8.83.